The summed E-state index contributed by atoms with van der Waals surface area (Å²) < 4.78 is 0.894. The zero-order valence-electron chi connectivity index (χ0n) is 17.6. The first-order valence-corrected chi connectivity index (χ1v) is 11.2. The van der Waals surface area contributed by atoms with Crippen LogP contribution >= 0.6 is 15.9 Å². The van der Waals surface area contributed by atoms with Crippen LogP contribution in [0, 0.1) is 0 Å². The van der Waals surface area contributed by atoms with Gasteiger partial charge >= 0.3 is 0 Å². The third-order valence-electron chi connectivity index (χ3n) is 5.91. The lowest BCUT2D eigenvalue weighted by Gasteiger charge is -2.28. The molecule has 0 saturated heterocycles. The highest BCUT2D eigenvalue weighted by atomic mass is 79.9. The smallest absolute Gasteiger partial charge is 0.252 e. The summed E-state index contributed by atoms with van der Waals surface area (Å²) in [5, 5.41) is 6.17. The fourth-order valence-electron chi connectivity index (χ4n) is 4.40. The Morgan fingerprint density at radius 1 is 0.839 bits per heavy atom. The molecule has 4 rings (SSSR count). The summed E-state index contributed by atoms with van der Waals surface area (Å²) in [5.41, 5.74) is 0.818. The van der Waals surface area contributed by atoms with Gasteiger partial charge in [0.15, 0.2) is 0 Å². The van der Waals surface area contributed by atoms with Crippen LogP contribution in [0.25, 0.3) is 0 Å². The van der Waals surface area contributed by atoms with Gasteiger partial charge in [0.2, 0.25) is 5.91 Å². The van der Waals surface area contributed by atoms with E-state index in [1.807, 2.05) is 86.6 Å². The number of rotatable bonds is 6. The van der Waals surface area contributed by atoms with Crippen LogP contribution in [-0.4, -0.2) is 23.4 Å². The number of halogens is 1. The molecule has 158 valence electrons. The van der Waals surface area contributed by atoms with Crippen molar-refractivity contribution >= 4 is 27.7 Å². The van der Waals surface area contributed by atoms with Crippen molar-refractivity contribution in [2.75, 3.05) is 0 Å². The van der Waals surface area contributed by atoms with Crippen molar-refractivity contribution in [2.24, 2.45) is 0 Å². The Morgan fingerprint density at radius 3 is 1.84 bits per heavy atom. The minimum Gasteiger partial charge on any atom is -0.352 e. The summed E-state index contributed by atoms with van der Waals surface area (Å²) in [7, 11) is 0. The Labute approximate surface area is 191 Å². The van der Waals surface area contributed by atoms with E-state index in [2.05, 4.69) is 26.6 Å². The predicted molar refractivity (Wildman–Crippen MR) is 126 cm³/mol. The number of hydrogen-bond acceptors (Lipinski definition) is 2. The predicted octanol–water partition coefficient (Wildman–Crippen LogP) is 4.83. The van der Waals surface area contributed by atoms with Crippen LogP contribution in [0.3, 0.4) is 0 Å². The lowest BCUT2D eigenvalue weighted by atomic mass is 9.83. The molecule has 0 radical (unpaired) electrons. The summed E-state index contributed by atoms with van der Waals surface area (Å²) in [6, 6.07) is 27.0. The Balaban J connectivity index is 1.82. The van der Waals surface area contributed by atoms with Gasteiger partial charge in [-0.3, -0.25) is 9.59 Å². The first-order chi connectivity index (χ1) is 14.9. The maximum atomic E-state index is 13.6. The quantitative estimate of drug-likeness (QED) is 0.534. The zero-order valence-corrected chi connectivity index (χ0v) is 19.1. The highest BCUT2D eigenvalue weighted by molar-refractivity contribution is 9.10. The van der Waals surface area contributed by atoms with Gasteiger partial charge in [-0.2, -0.15) is 0 Å². The van der Waals surface area contributed by atoms with Gasteiger partial charge < -0.3 is 10.6 Å². The van der Waals surface area contributed by atoms with E-state index in [4.69, 9.17) is 0 Å². The monoisotopic (exact) mass is 476 g/mol. The Hall–Kier alpha value is -2.92. The molecule has 0 spiro atoms. The number of carbonyl (C=O) groups excluding carboxylic acids is 2. The average molecular weight is 477 g/mol. The van der Waals surface area contributed by atoms with E-state index in [-0.39, 0.29) is 17.9 Å². The molecule has 2 amide bonds. The second-order valence-electron chi connectivity index (χ2n) is 8.31. The normalized spacial score (nSPS) is 19.0. The third-order valence-corrected chi connectivity index (χ3v) is 6.44. The summed E-state index contributed by atoms with van der Waals surface area (Å²) in [6.45, 7) is 3.86. The summed E-state index contributed by atoms with van der Waals surface area (Å²) in [5.74, 6) is -0.430. The molecule has 4 nitrogen and oxygen atoms in total. The Bertz CT molecular complexity index is 1040. The molecule has 0 aromatic heterocycles. The molecule has 2 N–H and O–H groups in total. The van der Waals surface area contributed by atoms with E-state index in [9.17, 15) is 9.59 Å². The van der Waals surface area contributed by atoms with Gasteiger partial charge in [-0.05, 0) is 55.7 Å². The highest BCUT2D eigenvalue weighted by Crippen LogP contribution is 2.62. The van der Waals surface area contributed by atoms with Crippen molar-refractivity contribution in [3.05, 3.63) is 106 Å². The average Bonchev–Trinajstić information content (AvgIpc) is 3.46. The van der Waals surface area contributed by atoms with Gasteiger partial charge in [0.1, 0.15) is 5.54 Å². The van der Waals surface area contributed by atoms with Gasteiger partial charge in [0.25, 0.3) is 5.91 Å². The van der Waals surface area contributed by atoms with Crippen molar-refractivity contribution in [1.29, 1.82) is 0 Å². The fraction of sp³-hybridized carbons (Fsp3) is 0.231. The molecule has 0 bridgehead atoms. The van der Waals surface area contributed by atoms with Crippen LogP contribution in [-0.2, 0) is 10.2 Å². The molecule has 1 atom stereocenters. The molecular weight excluding hydrogens is 452 g/mol. The van der Waals surface area contributed by atoms with E-state index in [0.717, 1.165) is 15.6 Å². The van der Waals surface area contributed by atoms with Gasteiger partial charge in [-0.1, -0.05) is 76.6 Å². The lowest BCUT2D eigenvalue weighted by molar-refractivity contribution is -0.124. The van der Waals surface area contributed by atoms with Crippen LogP contribution in [0.15, 0.2) is 89.4 Å². The number of nitrogens with one attached hydrogen (secondary N) is 2. The molecule has 1 saturated carbocycles. The molecule has 5 heteroatoms. The zero-order chi connectivity index (χ0) is 22.1. The second-order valence-corrected chi connectivity index (χ2v) is 9.22. The molecule has 0 heterocycles. The van der Waals surface area contributed by atoms with Crippen LogP contribution in [0.2, 0.25) is 0 Å². The van der Waals surface area contributed by atoms with E-state index < -0.39 is 11.0 Å². The number of carbonyl (C=O) groups is 2. The van der Waals surface area contributed by atoms with Crippen molar-refractivity contribution in [3.63, 3.8) is 0 Å². The number of amides is 2. The highest BCUT2D eigenvalue weighted by Gasteiger charge is 2.74. The minimum absolute atomic E-state index is 0.0428. The van der Waals surface area contributed by atoms with Crippen LogP contribution in [0.5, 0.6) is 0 Å². The molecular formula is C26H25BrN2O2. The van der Waals surface area contributed by atoms with Gasteiger partial charge in [-0.15, -0.1) is 0 Å². The number of hydrogen-bond donors (Lipinski definition) is 2. The van der Waals surface area contributed by atoms with Crippen molar-refractivity contribution in [1.82, 2.24) is 10.6 Å². The van der Waals surface area contributed by atoms with Crippen LogP contribution in [0.4, 0.5) is 0 Å². The van der Waals surface area contributed by atoms with Crippen LogP contribution in [0.1, 0.15) is 41.8 Å². The minimum atomic E-state index is -1.08. The topological polar surface area (TPSA) is 58.2 Å². The molecule has 3 aromatic carbocycles. The molecule has 1 aliphatic rings. The SMILES string of the molecule is CC(C)NC(=O)[C@]1(NC(=O)c2ccc(Br)cc2)CC1(c1ccccc1)c1ccccc1. The van der Waals surface area contributed by atoms with Crippen molar-refractivity contribution < 1.29 is 9.59 Å². The maximum absolute atomic E-state index is 13.6. The summed E-state index contributed by atoms with van der Waals surface area (Å²) in [6.07, 6.45) is 0.495. The summed E-state index contributed by atoms with van der Waals surface area (Å²) in [4.78, 5) is 26.8. The molecule has 3 aromatic rings. The van der Waals surface area contributed by atoms with Gasteiger partial charge in [0.05, 0.1) is 5.41 Å². The lowest BCUT2D eigenvalue weighted by Crippen LogP contribution is -2.55. The first kappa shape index (κ1) is 21.3. The van der Waals surface area contributed by atoms with Gasteiger partial charge in [-0.25, -0.2) is 0 Å². The third kappa shape index (κ3) is 3.79. The Kier molecular flexibility index (Phi) is 5.71. The first-order valence-electron chi connectivity index (χ1n) is 10.4. The Morgan fingerprint density at radius 2 is 1.35 bits per heavy atom. The maximum Gasteiger partial charge on any atom is 0.252 e. The standard InChI is InChI=1S/C26H25BrN2O2/c1-18(2)28-24(31)26(29-23(30)19-13-15-22(27)16-14-19)17-25(26,20-9-5-3-6-10-20)21-11-7-4-8-12-21/h3-16,18H,17H2,1-2H3,(H,28,31)(H,29,30)/t26-/m1/s1. The van der Waals surface area contributed by atoms with E-state index >= 15 is 0 Å². The van der Waals surface area contributed by atoms with Crippen LogP contribution < -0.4 is 10.6 Å². The van der Waals surface area contributed by atoms with E-state index in [1.165, 1.54) is 0 Å². The molecule has 1 aliphatic carbocycles. The fourth-order valence-corrected chi connectivity index (χ4v) is 4.66. The summed E-state index contributed by atoms with van der Waals surface area (Å²) >= 11 is 3.40. The molecule has 0 aliphatic heterocycles. The van der Waals surface area contributed by atoms with Crippen molar-refractivity contribution in [3.8, 4) is 0 Å². The second kappa shape index (κ2) is 8.31. The van der Waals surface area contributed by atoms with Gasteiger partial charge in [0, 0.05) is 16.1 Å². The number of benzene rings is 3. The van der Waals surface area contributed by atoms with E-state index in [1.54, 1.807) is 12.1 Å². The largest absolute Gasteiger partial charge is 0.352 e. The van der Waals surface area contributed by atoms with E-state index in [0.29, 0.717) is 12.0 Å². The molecule has 0 unspecified atom stereocenters. The molecule has 31 heavy (non-hydrogen) atoms. The van der Waals surface area contributed by atoms with Crippen molar-refractivity contribution in [2.45, 2.75) is 37.3 Å². The molecule has 1 fully saturated rings.